The van der Waals surface area contributed by atoms with Crippen LogP contribution in [0.15, 0.2) is 72.3 Å². The first-order chi connectivity index (χ1) is 30.5. The van der Waals surface area contributed by atoms with E-state index >= 15 is 0 Å². The molecule has 2 saturated heterocycles. The molecule has 6 rings (SSSR count). The summed E-state index contributed by atoms with van der Waals surface area (Å²) in [7, 11) is 0. The maximum absolute atomic E-state index is 14.5. The Labute approximate surface area is 365 Å². The van der Waals surface area contributed by atoms with E-state index in [0.29, 0.717) is 12.2 Å². The summed E-state index contributed by atoms with van der Waals surface area (Å²) >= 11 is 0. The minimum Gasteiger partial charge on any atom is -0.508 e. The number of phenolic OH excluding ortho intramolecular Hbond substituents is 2. The monoisotopic (exact) mass is 910 g/mol. The largest absolute Gasteiger partial charge is 0.508 e. The van der Waals surface area contributed by atoms with E-state index in [1.807, 2.05) is 0 Å². The lowest BCUT2D eigenvalue weighted by Crippen LogP contribution is -2.74. The molecule has 22 nitrogen and oxygen atoms in total. The number of hydrogen-bond acceptors (Lipinski definition) is 22. The fourth-order valence-electron chi connectivity index (χ4n) is 8.11. The van der Waals surface area contributed by atoms with Crippen molar-refractivity contribution >= 4 is 58.4 Å². The Morgan fingerprint density at radius 1 is 0.554 bits per heavy atom. The summed E-state index contributed by atoms with van der Waals surface area (Å²) in [5.41, 5.74) is -9.19. The smallest absolute Gasteiger partial charge is 0.216 e. The highest BCUT2D eigenvalue weighted by Gasteiger charge is 2.69. The van der Waals surface area contributed by atoms with Crippen LogP contribution in [0.3, 0.4) is 0 Å². The standard InChI is InChI=1S/C43H42O22/c44-14-24-30(52)32(54)34(56)40(64-24)42(62)36(58)20(28(50)26(38(42)60)22(48)11-5-16-1-7-18(46)8-2-16)13-21-29(51)27(23(49)12-6-17-3-9-19(47)10-4-17)39(61)43(63,37(21)59)41-35(57)33(55)31(53)25(15-45)65-41/h1-13,20,24-27,30-35,40-41,44-47,52-57,62-63H,14-15H2. The van der Waals surface area contributed by atoms with Crippen LogP contribution in [0.25, 0.3) is 12.2 Å². The van der Waals surface area contributed by atoms with E-state index in [1.165, 1.54) is 48.5 Å². The Hall–Kier alpha value is -5.86. The van der Waals surface area contributed by atoms with E-state index in [2.05, 4.69) is 0 Å². The molecule has 2 aliphatic heterocycles. The zero-order valence-corrected chi connectivity index (χ0v) is 33.4. The van der Waals surface area contributed by atoms with Crippen molar-refractivity contribution in [2.45, 2.75) is 72.2 Å². The maximum atomic E-state index is 14.5. The van der Waals surface area contributed by atoms with Gasteiger partial charge in [0, 0.05) is 0 Å². The van der Waals surface area contributed by atoms with E-state index in [-0.39, 0.29) is 28.7 Å². The predicted molar refractivity (Wildman–Crippen MR) is 210 cm³/mol. The van der Waals surface area contributed by atoms with E-state index in [4.69, 9.17) is 9.47 Å². The fourth-order valence-corrected chi connectivity index (χ4v) is 8.11. The third-order valence-electron chi connectivity index (χ3n) is 11.8. The van der Waals surface area contributed by atoms with Crippen molar-refractivity contribution in [2.24, 2.45) is 17.8 Å². The molecule has 12 N–H and O–H groups in total. The van der Waals surface area contributed by atoms with Gasteiger partial charge in [0.25, 0.3) is 0 Å². The van der Waals surface area contributed by atoms with E-state index < -0.39 is 155 Å². The van der Waals surface area contributed by atoms with Gasteiger partial charge in [0.05, 0.1) is 18.8 Å². The van der Waals surface area contributed by atoms with Gasteiger partial charge in [-0.2, -0.15) is 0 Å². The van der Waals surface area contributed by atoms with Crippen LogP contribution in [-0.2, 0) is 47.8 Å². The molecule has 0 amide bonds. The van der Waals surface area contributed by atoms with Gasteiger partial charge in [0.2, 0.25) is 17.0 Å². The van der Waals surface area contributed by atoms with Crippen LogP contribution in [0, 0.1) is 17.8 Å². The average molecular weight is 911 g/mol. The summed E-state index contributed by atoms with van der Waals surface area (Å²) in [6.45, 7) is -2.38. The zero-order valence-electron chi connectivity index (χ0n) is 33.4. The Morgan fingerprint density at radius 3 is 1.38 bits per heavy atom. The van der Waals surface area contributed by atoms with Gasteiger partial charge < -0.3 is 70.8 Å². The number of ketones is 8. The number of carbonyl (C=O) groups is 8. The van der Waals surface area contributed by atoms with Crippen molar-refractivity contribution < 1.29 is 109 Å². The normalized spacial score (nSPS) is 37.7. The molecule has 0 aromatic heterocycles. The number of aliphatic hydroxyl groups excluding tert-OH is 8. The van der Waals surface area contributed by atoms with E-state index in [1.54, 1.807) is 0 Å². The third kappa shape index (κ3) is 8.35. The molecule has 2 aliphatic carbocycles. The topological polar surface area (TPSA) is 398 Å². The SMILES string of the molecule is O=C(C=Cc1ccc(O)cc1)C1C(=O)C(=CC2C(=O)C(C(=O)C=Cc3ccc(O)cc3)C(=O)C(O)(C3OC(CO)C(O)C(O)C3O)C2=O)C(=O)C(O)(C2OC(CO)C(O)C(O)C2O)C1=O. The van der Waals surface area contributed by atoms with Gasteiger partial charge in [-0.05, 0) is 47.5 Å². The van der Waals surface area contributed by atoms with E-state index in [9.17, 15) is 99.6 Å². The second kappa shape index (κ2) is 18.6. The Kier molecular flexibility index (Phi) is 13.9. The number of ether oxygens (including phenoxy) is 2. The van der Waals surface area contributed by atoms with Crippen LogP contribution in [0.2, 0.25) is 0 Å². The lowest BCUT2D eigenvalue weighted by molar-refractivity contribution is -0.263. The fraction of sp³-hybridized carbons (Fsp3) is 0.395. The average Bonchev–Trinajstić information content (AvgIpc) is 3.28. The molecule has 65 heavy (non-hydrogen) atoms. The third-order valence-corrected chi connectivity index (χ3v) is 11.8. The van der Waals surface area contributed by atoms with Crippen LogP contribution < -0.4 is 0 Å². The summed E-state index contributed by atoms with van der Waals surface area (Å²) in [6.07, 6.45) is -20.3. The van der Waals surface area contributed by atoms with Gasteiger partial charge >= 0.3 is 0 Å². The molecular formula is C43H42O22. The number of Topliss-reactive ketones (excluding diaryl/α,β-unsaturated/α-hetero) is 6. The maximum Gasteiger partial charge on any atom is 0.216 e. The Morgan fingerprint density at radius 2 is 0.954 bits per heavy atom. The van der Waals surface area contributed by atoms with Crippen LogP contribution in [0.5, 0.6) is 11.5 Å². The Bertz CT molecular complexity index is 2370. The number of hydrogen-bond donors (Lipinski definition) is 12. The molecule has 346 valence electrons. The highest BCUT2D eigenvalue weighted by molar-refractivity contribution is 6.45. The predicted octanol–water partition coefficient (Wildman–Crippen LogP) is -5.67. The molecule has 2 aromatic carbocycles. The number of phenols is 2. The number of benzene rings is 2. The molecular weight excluding hydrogens is 868 g/mol. The van der Waals surface area contributed by atoms with Crippen molar-refractivity contribution in [2.75, 3.05) is 13.2 Å². The first-order valence-electron chi connectivity index (χ1n) is 19.6. The summed E-state index contributed by atoms with van der Waals surface area (Å²) in [6, 6.07) is 9.87. The molecule has 4 fully saturated rings. The molecule has 0 radical (unpaired) electrons. The summed E-state index contributed by atoms with van der Waals surface area (Å²) in [4.78, 5) is 114. The minimum absolute atomic E-state index is 0.0755. The van der Waals surface area contributed by atoms with Crippen LogP contribution >= 0.6 is 0 Å². The molecule has 2 heterocycles. The molecule has 0 spiro atoms. The number of allylic oxidation sites excluding steroid dienone is 3. The van der Waals surface area contributed by atoms with Gasteiger partial charge in [-0.3, -0.25) is 38.4 Å². The van der Waals surface area contributed by atoms with Crippen molar-refractivity contribution in [3.63, 3.8) is 0 Å². The second-order valence-corrected chi connectivity index (χ2v) is 15.8. The van der Waals surface area contributed by atoms with Gasteiger partial charge in [0.15, 0.2) is 40.5 Å². The van der Waals surface area contributed by atoms with Crippen LogP contribution in [0.4, 0.5) is 0 Å². The first kappa shape index (κ1) is 48.6. The Balaban J connectivity index is 1.53. The molecule has 4 aliphatic rings. The minimum atomic E-state index is -3.98. The van der Waals surface area contributed by atoms with E-state index in [0.717, 1.165) is 12.2 Å². The van der Waals surface area contributed by atoms with Crippen LogP contribution in [-0.4, -0.2) is 193 Å². The number of aliphatic hydroxyl groups is 10. The molecule has 15 unspecified atom stereocenters. The van der Waals surface area contributed by atoms with Crippen molar-refractivity contribution in [3.8, 4) is 11.5 Å². The molecule has 2 aromatic rings. The molecule has 2 saturated carbocycles. The number of rotatable bonds is 11. The molecule has 22 heteroatoms. The molecule has 0 bridgehead atoms. The summed E-state index contributed by atoms with van der Waals surface area (Å²) in [5.74, 6) is -23.9. The van der Waals surface area contributed by atoms with Crippen molar-refractivity contribution in [1.29, 1.82) is 0 Å². The quantitative estimate of drug-likeness (QED) is 0.0568. The van der Waals surface area contributed by atoms with Gasteiger partial charge in [-0.15, -0.1) is 0 Å². The molecule has 15 atom stereocenters. The number of carbonyl (C=O) groups excluding carboxylic acids is 8. The number of aromatic hydroxyl groups is 2. The first-order valence-corrected chi connectivity index (χ1v) is 19.6. The second-order valence-electron chi connectivity index (χ2n) is 15.8. The summed E-state index contributed by atoms with van der Waals surface area (Å²) in [5, 5.41) is 127. The van der Waals surface area contributed by atoms with Crippen molar-refractivity contribution in [3.05, 3.63) is 83.5 Å². The lowest BCUT2D eigenvalue weighted by Gasteiger charge is -2.48. The van der Waals surface area contributed by atoms with Gasteiger partial charge in [0.1, 0.15) is 90.3 Å². The lowest BCUT2D eigenvalue weighted by atomic mass is 9.62. The van der Waals surface area contributed by atoms with Gasteiger partial charge in [-0.25, -0.2) is 0 Å². The van der Waals surface area contributed by atoms with Gasteiger partial charge in [-0.1, -0.05) is 42.5 Å². The zero-order chi connectivity index (χ0) is 48.0. The van der Waals surface area contributed by atoms with Crippen molar-refractivity contribution in [1.82, 2.24) is 0 Å². The summed E-state index contributed by atoms with van der Waals surface area (Å²) < 4.78 is 10.6. The van der Waals surface area contributed by atoms with Crippen LogP contribution in [0.1, 0.15) is 11.1 Å². The highest BCUT2D eigenvalue weighted by atomic mass is 16.6. The highest BCUT2D eigenvalue weighted by Crippen LogP contribution is 2.42.